The molecule has 2 amide bonds. The molecule has 0 radical (unpaired) electrons. The summed E-state index contributed by atoms with van der Waals surface area (Å²) < 4.78 is 7.26. The smallest absolute Gasteiger partial charge is 0.263 e. The topological polar surface area (TPSA) is 85.2 Å². The van der Waals surface area contributed by atoms with Crippen molar-refractivity contribution >= 4 is 34.9 Å². The molecule has 7 nitrogen and oxygen atoms in total. The first-order chi connectivity index (χ1) is 14.6. The molecule has 154 valence electrons. The number of benzene rings is 2. The van der Waals surface area contributed by atoms with Crippen LogP contribution < -0.4 is 15.4 Å². The highest BCUT2D eigenvalue weighted by Gasteiger charge is 2.29. The SMILES string of the molecule is O=C(COc1cccc(NC(=O)C2CC2)c1)Nc1ccnn1Cc1cccc(Cl)c1. The summed E-state index contributed by atoms with van der Waals surface area (Å²) in [5.74, 6) is 0.908. The lowest BCUT2D eigenvalue weighted by Crippen LogP contribution is -2.22. The number of halogens is 1. The molecule has 4 rings (SSSR count). The third-order valence-corrected chi connectivity index (χ3v) is 4.86. The minimum Gasteiger partial charge on any atom is -0.484 e. The summed E-state index contributed by atoms with van der Waals surface area (Å²) in [6, 6.07) is 16.2. The van der Waals surface area contributed by atoms with Crippen molar-refractivity contribution < 1.29 is 14.3 Å². The van der Waals surface area contributed by atoms with Crippen LogP contribution in [0, 0.1) is 5.92 Å². The van der Waals surface area contributed by atoms with E-state index in [1.165, 1.54) is 0 Å². The molecule has 8 heteroatoms. The maximum absolute atomic E-state index is 12.3. The molecule has 0 saturated heterocycles. The van der Waals surface area contributed by atoms with E-state index >= 15 is 0 Å². The Hall–Kier alpha value is -3.32. The van der Waals surface area contributed by atoms with Crippen molar-refractivity contribution in [1.29, 1.82) is 0 Å². The van der Waals surface area contributed by atoms with Gasteiger partial charge in [-0.05, 0) is 42.7 Å². The van der Waals surface area contributed by atoms with Gasteiger partial charge >= 0.3 is 0 Å². The van der Waals surface area contributed by atoms with Gasteiger partial charge in [0.2, 0.25) is 5.91 Å². The Labute approximate surface area is 179 Å². The van der Waals surface area contributed by atoms with Gasteiger partial charge in [0.25, 0.3) is 5.91 Å². The van der Waals surface area contributed by atoms with Crippen LogP contribution in [0.4, 0.5) is 11.5 Å². The van der Waals surface area contributed by atoms with Gasteiger partial charge in [0.1, 0.15) is 11.6 Å². The van der Waals surface area contributed by atoms with Crippen LogP contribution in [0.5, 0.6) is 5.75 Å². The number of nitrogens with zero attached hydrogens (tertiary/aromatic N) is 2. The first kappa shape index (κ1) is 20.0. The first-order valence-corrected chi connectivity index (χ1v) is 10.0. The van der Waals surface area contributed by atoms with Crippen molar-refractivity contribution in [2.45, 2.75) is 19.4 Å². The number of ether oxygens (including phenoxy) is 1. The maximum atomic E-state index is 12.3. The number of nitrogens with one attached hydrogen (secondary N) is 2. The lowest BCUT2D eigenvalue weighted by Gasteiger charge is -2.11. The third-order valence-electron chi connectivity index (χ3n) is 4.63. The molecule has 1 aromatic heterocycles. The van der Waals surface area contributed by atoms with Gasteiger partial charge < -0.3 is 15.4 Å². The number of hydrogen-bond donors (Lipinski definition) is 2. The highest BCUT2D eigenvalue weighted by atomic mass is 35.5. The molecule has 2 aromatic carbocycles. The van der Waals surface area contributed by atoms with Crippen LogP contribution in [0.2, 0.25) is 5.02 Å². The number of anilines is 2. The lowest BCUT2D eigenvalue weighted by atomic mass is 10.2. The summed E-state index contributed by atoms with van der Waals surface area (Å²) in [6.45, 7) is 0.315. The molecule has 0 atom stereocenters. The summed E-state index contributed by atoms with van der Waals surface area (Å²) in [4.78, 5) is 24.2. The Bertz CT molecular complexity index is 1060. The van der Waals surface area contributed by atoms with E-state index in [9.17, 15) is 9.59 Å². The molecule has 1 saturated carbocycles. The van der Waals surface area contributed by atoms with Crippen molar-refractivity contribution in [3.05, 3.63) is 71.4 Å². The van der Waals surface area contributed by atoms with Crippen LogP contribution in [0.1, 0.15) is 18.4 Å². The summed E-state index contributed by atoms with van der Waals surface area (Å²) in [5.41, 5.74) is 1.63. The van der Waals surface area contributed by atoms with E-state index in [-0.39, 0.29) is 24.3 Å². The first-order valence-electron chi connectivity index (χ1n) is 9.67. The number of carbonyl (C=O) groups is 2. The average molecular weight is 425 g/mol. The van der Waals surface area contributed by atoms with Crippen molar-refractivity contribution in [3.63, 3.8) is 0 Å². The van der Waals surface area contributed by atoms with Crippen molar-refractivity contribution in [2.24, 2.45) is 5.92 Å². The highest BCUT2D eigenvalue weighted by molar-refractivity contribution is 6.30. The molecule has 0 bridgehead atoms. The molecule has 0 aliphatic heterocycles. The van der Waals surface area contributed by atoms with E-state index in [0.717, 1.165) is 18.4 Å². The second-order valence-electron chi connectivity index (χ2n) is 7.13. The summed E-state index contributed by atoms with van der Waals surface area (Å²) in [6.07, 6.45) is 3.50. The van der Waals surface area contributed by atoms with Crippen LogP contribution in [0.3, 0.4) is 0 Å². The predicted octanol–water partition coefficient (Wildman–Crippen LogP) is 3.95. The van der Waals surface area contributed by atoms with Gasteiger partial charge in [-0.25, -0.2) is 4.68 Å². The van der Waals surface area contributed by atoms with Gasteiger partial charge in [-0.1, -0.05) is 29.8 Å². The minimum absolute atomic E-state index is 0.0258. The largest absolute Gasteiger partial charge is 0.484 e. The number of carbonyl (C=O) groups excluding carboxylic acids is 2. The van der Waals surface area contributed by atoms with E-state index in [2.05, 4.69) is 15.7 Å². The molecule has 1 aliphatic rings. The van der Waals surface area contributed by atoms with Crippen LogP contribution in [-0.4, -0.2) is 28.2 Å². The molecule has 1 fully saturated rings. The Morgan fingerprint density at radius 3 is 2.73 bits per heavy atom. The van der Waals surface area contributed by atoms with E-state index in [1.54, 1.807) is 47.3 Å². The average Bonchev–Trinajstić information content (AvgIpc) is 3.49. The number of rotatable bonds is 8. The Kier molecular flexibility index (Phi) is 5.99. The van der Waals surface area contributed by atoms with E-state index in [1.807, 2.05) is 18.2 Å². The van der Waals surface area contributed by atoms with Gasteiger partial charge in [0, 0.05) is 28.8 Å². The zero-order chi connectivity index (χ0) is 20.9. The van der Waals surface area contributed by atoms with E-state index < -0.39 is 0 Å². The predicted molar refractivity (Wildman–Crippen MR) is 115 cm³/mol. The molecule has 3 aromatic rings. The molecule has 30 heavy (non-hydrogen) atoms. The van der Waals surface area contributed by atoms with Gasteiger partial charge in [0.05, 0.1) is 12.7 Å². The van der Waals surface area contributed by atoms with Crippen LogP contribution >= 0.6 is 11.6 Å². The zero-order valence-electron chi connectivity index (χ0n) is 16.2. The Balaban J connectivity index is 1.31. The lowest BCUT2D eigenvalue weighted by molar-refractivity contribution is -0.118. The normalized spacial score (nSPS) is 13.0. The van der Waals surface area contributed by atoms with Gasteiger partial charge in [-0.15, -0.1) is 0 Å². The van der Waals surface area contributed by atoms with Crippen molar-refractivity contribution in [2.75, 3.05) is 17.2 Å². The fourth-order valence-electron chi connectivity index (χ4n) is 2.95. The maximum Gasteiger partial charge on any atom is 0.263 e. The Morgan fingerprint density at radius 2 is 1.93 bits per heavy atom. The molecular formula is C22H21ClN4O3. The summed E-state index contributed by atoms with van der Waals surface area (Å²) in [5, 5.41) is 10.6. The standard InChI is InChI=1S/C22H21ClN4O3/c23-17-4-1-3-15(11-17)13-27-20(9-10-24-27)26-21(28)14-30-19-6-2-5-18(12-19)25-22(29)16-7-8-16/h1-6,9-12,16H,7-8,13-14H2,(H,25,29)(H,26,28). The Morgan fingerprint density at radius 1 is 1.10 bits per heavy atom. The summed E-state index contributed by atoms with van der Waals surface area (Å²) >= 11 is 6.03. The highest BCUT2D eigenvalue weighted by Crippen LogP contribution is 2.30. The van der Waals surface area contributed by atoms with Gasteiger partial charge in [-0.2, -0.15) is 5.10 Å². The van der Waals surface area contributed by atoms with Crippen LogP contribution in [-0.2, 0) is 16.1 Å². The zero-order valence-corrected chi connectivity index (χ0v) is 16.9. The van der Waals surface area contributed by atoms with Crippen LogP contribution in [0.25, 0.3) is 0 Å². The monoisotopic (exact) mass is 424 g/mol. The molecule has 0 unspecified atom stereocenters. The number of amides is 2. The van der Waals surface area contributed by atoms with E-state index in [4.69, 9.17) is 16.3 Å². The molecule has 1 aliphatic carbocycles. The fraction of sp³-hybridized carbons (Fsp3) is 0.227. The summed E-state index contributed by atoms with van der Waals surface area (Å²) in [7, 11) is 0. The minimum atomic E-state index is -0.310. The van der Waals surface area contributed by atoms with Crippen molar-refractivity contribution in [1.82, 2.24) is 9.78 Å². The molecular weight excluding hydrogens is 404 g/mol. The van der Waals surface area contributed by atoms with Crippen molar-refractivity contribution in [3.8, 4) is 5.75 Å². The van der Waals surface area contributed by atoms with E-state index in [0.29, 0.717) is 28.8 Å². The van der Waals surface area contributed by atoms with Gasteiger partial charge in [0.15, 0.2) is 6.61 Å². The quantitative estimate of drug-likeness (QED) is 0.573. The van der Waals surface area contributed by atoms with Crippen LogP contribution in [0.15, 0.2) is 60.8 Å². The second kappa shape index (κ2) is 9.00. The fourth-order valence-corrected chi connectivity index (χ4v) is 3.17. The second-order valence-corrected chi connectivity index (χ2v) is 7.57. The van der Waals surface area contributed by atoms with Gasteiger partial charge in [-0.3, -0.25) is 9.59 Å². The molecule has 0 spiro atoms. The number of aromatic nitrogens is 2. The molecule has 2 N–H and O–H groups in total. The molecule has 1 heterocycles. The third kappa shape index (κ3) is 5.39. The number of hydrogen-bond acceptors (Lipinski definition) is 4.